The molecule has 0 radical (unpaired) electrons. The molecule has 0 amide bonds. The lowest BCUT2D eigenvalue weighted by molar-refractivity contribution is -0.154. The number of fused-ring (bicyclic) bond motifs is 1. The zero-order valence-electron chi connectivity index (χ0n) is 9.74. The van der Waals surface area contributed by atoms with Crippen LogP contribution in [0.2, 0.25) is 0 Å². The summed E-state index contributed by atoms with van der Waals surface area (Å²) in [5.74, 6) is -0.881. The third kappa shape index (κ3) is 1.88. The molecule has 17 heavy (non-hydrogen) atoms. The highest BCUT2D eigenvalue weighted by Gasteiger charge is 2.37. The highest BCUT2D eigenvalue weighted by atomic mass is 19.1. The lowest BCUT2D eigenvalue weighted by Crippen LogP contribution is -2.28. The second-order valence-corrected chi connectivity index (χ2v) is 4.02. The summed E-state index contributed by atoms with van der Waals surface area (Å²) >= 11 is 0. The predicted molar refractivity (Wildman–Crippen MR) is 64.4 cm³/mol. The zero-order chi connectivity index (χ0) is 12.5. The minimum absolute atomic E-state index is 0.336. The SMILES string of the molecule is COC(=O)[C@@](C)(F)c1cccc2ccccc12. The largest absolute Gasteiger partial charge is 0.466 e. The molecule has 0 aliphatic rings. The van der Waals surface area contributed by atoms with E-state index in [1.54, 1.807) is 18.2 Å². The average Bonchev–Trinajstić information content (AvgIpc) is 2.37. The lowest BCUT2D eigenvalue weighted by Gasteiger charge is -2.19. The van der Waals surface area contributed by atoms with Gasteiger partial charge in [0.15, 0.2) is 0 Å². The Balaban J connectivity index is 2.67. The number of carbonyl (C=O) groups is 1. The molecule has 0 aromatic heterocycles. The van der Waals surface area contributed by atoms with Crippen LogP contribution in [0.5, 0.6) is 0 Å². The smallest absolute Gasteiger partial charge is 0.348 e. The van der Waals surface area contributed by atoms with Gasteiger partial charge in [0.25, 0.3) is 0 Å². The van der Waals surface area contributed by atoms with Crippen molar-refractivity contribution in [1.29, 1.82) is 0 Å². The first kappa shape index (κ1) is 11.6. The van der Waals surface area contributed by atoms with Crippen LogP contribution in [0.25, 0.3) is 10.8 Å². The van der Waals surface area contributed by atoms with Gasteiger partial charge < -0.3 is 4.74 Å². The van der Waals surface area contributed by atoms with Crippen molar-refractivity contribution in [3.05, 3.63) is 48.0 Å². The topological polar surface area (TPSA) is 26.3 Å². The van der Waals surface area contributed by atoms with E-state index < -0.39 is 11.6 Å². The molecule has 0 spiro atoms. The number of rotatable bonds is 2. The quantitative estimate of drug-likeness (QED) is 0.743. The highest BCUT2D eigenvalue weighted by Crippen LogP contribution is 2.32. The van der Waals surface area contributed by atoms with Crippen molar-refractivity contribution in [2.75, 3.05) is 7.11 Å². The second-order valence-electron chi connectivity index (χ2n) is 4.02. The predicted octanol–water partition coefficient (Wildman–Crippen LogP) is 3.20. The maximum absolute atomic E-state index is 14.5. The molecule has 0 aliphatic carbocycles. The molecule has 0 fully saturated rings. The van der Waals surface area contributed by atoms with Crippen molar-refractivity contribution in [1.82, 2.24) is 0 Å². The molecule has 0 N–H and O–H groups in total. The van der Waals surface area contributed by atoms with E-state index in [0.717, 1.165) is 10.8 Å². The third-order valence-corrected chi connectivity index (χ3v) is 2.86. The van der Waals surface area contributed by atoms with Gasteiger partial charge in [-0.2, -0.15) is 0 Å². The number of benzene rings is 2. The van der Waals surface area contributed by atoms with E-state index in [1.807, 2.05) is 24.3 Å². The number of ether oxygens (including phenoxy) is 1. The van der Waals surface area contributed by atoms with Gasteiger partial charge in [0.05, 0.1) is 7.11 Å². The van der Waals surface area contributed by atoms with Gasteiger partial charge in [0.1, 0.15) is 0 Å². The van der Waals surface area contributed by atoms with Gasteiger partial charge in [-0.05, 0) is 17.7 Å². The first-order valence-electron chi connectivity index (χ1n) is 5.33. The molecule has 0 heterocycles. The number of halogens is 1. The Morgan fingerprint density at radius 3 is 2.53 bits per heavy atom. The van der Waals surface area contributed by atoms with Crippen LogP contribution in [0.15, 0.2) is 42.5 Å². The fourth-order valence-corrected chi connectivity index (χ4v) is 1.94. The van der Waals surface area contributed by atoms with E-state index in [4.69, 9.17) is 0 Å². The molecule has 2 rings (SSSR count). The van der Waals surface area contributed by atoms with Gasteiger partial charge in [-0.3, -0.25) is 0 Å². The first-order chi connectivity index (χ1) is 8.07. The van der Waals surface area contributed by atoms with E-state index >= 15 is 0 Å². The maximum Gasteiger partial charge on any atom is 0.348 e. The van der Waals surface area contributed by atoms with Gasteiger partial charge in [-0.25, -0.2) is 9.18 Å². The van der Waals surface area contributed by atoms with E-state index in [1.165, 1.54) is 14.0 Å². The Bertz CT molecular complexity index is 556. The van der Waals surface area contributed by atoms with Crippen molar-refractivity contribution >= 4 is 16.7 Å². The summed E-state index contributed by atoms with van der Waals surface area (Å²) in [6.07, 6.45) is 0. The number of methoxy groups -OCH3 is 1. The van der Waals surface area contributed by atoms with Crippen LogP contribution in [0, 0.1) is 0 Å². The standard InChI is InChI=1S/C14H13FO2/c1-14(15,13(16)17-2)12-9-5-7-10-6-3-4-8-11(10)12/h3-9H,1-2H3/t14-/m0/s1. The second kappa shape index (κ2) is 4.17. The van der Waals surface area contributed by atoms with Crippen molar-refractivity contribution in [2.45, 2.75) is 12.6 Å². The van der Waals surface area contributed by atoms with Gasteiger partial charge >= 0.3 is 5.97 Å². The number of hydrogen-bond donors (Lipinski definition) is 0. The highest BCUT2D eigenvalue weighted by molar-refractivity contribution is 5.92. The summed E-state index contributed by atoms with van der Waals surface area (Å²) in [5.41, 5.74) is -1.79. The summed E-state index contributed by atoms with van der Waals surface area (Å²) in [7, 11) is 1.19. The molecule has 0 saturated carbocycles. The number of esters is 1. The van der Waals surface area contributed by atoms with Gasteiger partial charge in [0.2, 0.25) is 5.67 Å². The molecule has 0 unspecified atom stereocenters. The molecule has 0 saturated heterocycles. The zero-order valence-corrected chi connectivity index (χ0v) is 9.74. The Hall–Kier alpha value is -1.90. The Labute approximate surface area is 99.0 Å². The van der Waals surface area contributed by atoms with Crippen LogP contribution < -0.4 is 0 Å². The Morgan fingerprint density at radius 1 is 1.18 bits per heavy atom. The Morgan fingerprint density at radius 2 is 1.82 bits per heavy atom. The number of carbonyl (C=O) groups excluding carboxylic acids is 1. The van der Waals surface area contributed by atoms with Crippen molar-refractivity contribution < 1.29 is 13.9 Å². The molecular weight excluding hydrogens is 219 g/mol. The van der Waals surface area contributed by atoms with Crippen molar-refractivity contribution in [2.24, 2.45) is 0 Å². The summed E-state index contributed by atoms with van der Waals surface area (Å²) in [6, 6.07) is 12.6. The minimum Gasteiger partial charge on any atom is -0.466 e. The molecule has 3 heteroatoms. The molecule has 2 aromatic rings. The van der Waals surface area contributed by atoms with E-state index in [9.17, 15) is 9.18 Å². The van der Waals surface area contributed by atoms with Gasteiger partial charge in [-0.15, -0.1) is 0 Å². The van der Waals surface area contributed by atoms with Crippen molar-refractivity contribution in [3.8, 4) is 0 Å². The molecule has 88 valence electrons. The van der Waals surface area contributed by atoms with Crippen molar-refractivity contribution in [3.63, 3.8) is 0 Å². The fraction of sp³-hybridized carbons (Fsp3) is 0.214. The summed E-state index contributed by atoms with van der Waals surface area (Å²) in [4.78, 5) is 11.5. The van der Waals surface area contributed by atoms with Crippen LogP contribution >= 0.6 is 0 Å². The van der Waals surface area contributed by atoms with Gasteiger partial charge in [-0.1, -0.05) is 42.5 Å². The number of alkyl halides is 1. The first-order valence-corrected chi connectivity index (χ1v) is 5.33. The van der Waals surface area contributed by atoms with E-state index in [2.05, 4.69) is 4.74 Å². The molecule has 2 aromatic carbocycles. The Kier molecular flexibility index (Phi) is 2.84. The van der Waals surface area contributed by atoms with Crippen LogP contribution in [0.3, 0.4) is 0 Å². The minimum atomic E-state index is -2.13. The molecule has 1 atom stereocenters. The van der Waals surface area contributed by atoms with Gasteiger partial charge in [0, 0.05) is 5.56 Å². The van der Waals surface area contributed by atoms with E-state index in [-0.39, 0.29) is 0 Å². The van der Waals surface area contributed by atoms with Crippen LogP contribution in [-0.4, -0.2) is 13.1 Å². The fourth-order valence-electron chi connectivity index (χ4n) is 1.94. The third-order valence-electron chi connectivity index (χ3n) is 2.86. The summed E-state index contributed by atoms with van der Waals surface area (Å²) in [5, 5.41) is 1.63. The van der Waals surface area contributed by atoms with Crippen LogP contribution in [0.1, 0.15) is 12.5 Å². The van der Waals surface area contributed by atoms with E-state index in [0.29, 0.717) is 5.56 Å². The maximum atomic E-state index is 14.5. The number of hydrogen-bond acceptors (Lipinski definition) is 2. The molecular formula is C14H13FO2. The van der Waals surface area contributed by atoms with Crippen LogP contribution in [-0.2, 0) is 15.2 Å². The molecule has 2 nitrogen and oxygen atoms in total. The normalized spacial score (nSPS) is 14.3. The lowest BCUT2D eigenvalue weighted by atomic mass is 9.92. The monoisotopic (exact) mass is 232 g/mol. The summed E-state index contributed by atoms with van der Waals surface area (Å²) < 4.78 is 19.0. The summed E-state index contributed by atoms with van der Waals surface area (Å²) in [6.45, 7) is 1.22. The molecule has 0 aliphatic heterocycles. The van der Waals surface area contributed by atoms with Crippen LogP contribution in [0.4, 0.5) is 4.39 Å². The molecule has 0 bridgehead atoms. The average molecular weight is 232 g/mol.